The summed E-state index contributed by atoms with van der Waals surface area (Å²) in [7, 11) is 0. The van der Waals surface area contributed by atoms with Crippen molar-refractivity contribution in [1.29, 1.82) is 0 Å². The molecule has 0 fully saturated rings. The van der Waals surface area contributed by atoms with E-state index in [1.807, 2.05) is 54.6 Å². The fraction of sp³-hybridized carbons (Fsp3) is 0.235. The zero-order valence-electron chi connectivity index (χ0n) is 12.7. The van der Waals surface area contributed by atoms with Gasteiger partial charge in [0.1, 0.15) is 12.4 Å². The van der Waals surface area contributed by atoms with Gasteiger partial charge in [-0.25, -0.2) is 5.10 Å². The van der Waals surface area contributed by atoms with Crippen LogP contribution in [0.25, 0.3) is 0 Å². The molecule has 0 amide bonds. The monoisotopic (exact) mass is 310 g/mol. The van der Waals surface area contributed by atoms with Gasteiger partial charge in [0.05, 0.1) is 13.2 Å². The maximum atomic E-state index is 5.81. The van der Waals surface area contributed by atoms with Crippen LogP contribution in [-0.2, 0) is 24.4 Å². The topological polar surface area (TPSA) is 72.9 Å². The predicted molar refractivity (Wildman–Crippen MR) is 84.8 cm³/mol. The van der Waals surface area contributed by atoms with Gasteiger partial charge in [-0.1, -0.05) is 42.5 Å². The smallest absolute Gasteiger partial charge is 0.150 e. The van der Waals surface area contributed by atoms with Crippen LogP contribution in [0, 0.1) is 0 Å². The minimum atomic E-state index is 0.532. The average Bonchev–Trinajstić information content (AvgIpc) is 3.12. The minimum absolute atomic E-state index is 0.532. The molecule has 0 aliphatic carbocycles. The number of H-pyrrole nitrogens is 1. The number of nitrogens with zero attached hydrogens (tertiary/aromatic N) is 3. The fourth-order valence-electron chi connectivity index (χ4n) is 2.11. The van der Waals surface area contributed by atoms with Crippen LogP contribution in [0.2, 0.25) is 0 Å². The van der Waals surface area contributed by atoms with Crippen LogP contribution in [0.5, 0.6) is 5.75 Å². The molecule has 118 valence electrons. The second kappa shape index (κ2) is 8.05. The molecule has 0 unspecified atom stereocenters. The van der Waals surface area contributed by atoms with E-state index in [-0.39, 0.29) is 0 Å². The molecule has 1 N–H and O–H groups in total. The van der Waals surface area contributed by atoms with Gasteiger partial charge in [-0.05, 0) is 33.7 Å². The first kappa shape index (κ1) is 15.2. The highest BCUT2D eigenvalue weighted by Gasteiger charge is 2.00. The van der Waals surface area contributed by atoms with Gasteiger partial charge in [-0.15, -0.1) is 5.10 Å². The number of rotatable bonds is 8. The van der Waals surface area contributed by atoms with Crippen molar-refractivity contribution >= 4 is 0 Å². The Bertz CT molecular complexity index is 702. The molecule has 0 bridgehead atoms. The lowest BCUT2D eigenvalue weighted by molar-refractivity contribution is 0.122. The van der Waals surface area contributed by atoms with E-state index in [2.05, 4.69) is 20.6 Å². The summed E-state index contributed by atoms with van der Waals surface area (Å²) in [6.07, 6.45) is 0.664. The van der Waals surface area contributed by atoms with E-state index >= 15 is 0 Å². The average molecular weight is 310 g/mol. The number of aromatic amines is 1. The number of hydrogen-bond acceptors (Lipinski definition) is 5. The van der Waals surface area contributed by atoms with Crippen LogP contribution in [0.4, 0.5) is 0 Å². The molecule has 1 aromatic heterocycles. The van der Waals surface area contributed by atoms with Crippen molar-refractivity contribution in [3.8, 4) is 5.75 Å². The quantitative estimate of drug-likeness (QED) is 0.647. The summed E-state index contributed by atoms with van der Waals surface area (Å²) in [5.41, 5.74) is 2.22. The summed E-state index contributed by atoms with van der Waals surface area (Å²) in [5, 5.41) is 13.6. The van der Waals surface area contributed by atoms with Gasteiger partial charge in [0, 0.05) is 6.42 Å². The third kappa shape index (κ3) is 4.89. The molecule has 0 atom stereocenters. The zero-order chi connectivity index (χ0) is 15.7. The van der Waals surface area contributed by atoms with E-state index in [9.17, 15) is 0 Å². The van der Waals surface area contributed by atoms with Gasteiger partial charge >= 0.3 is 0 Å². The van der Waals surface area contributed by atoms with Crippen LogP contribution in [0.15, 0.2) is 54.6 Å². The fourth-order valence-corrected chi connectivity index (χ4v) is 2.11. The van der Waals surface area contributed by atoms with E-state index in [1.165, 1.54) is 0 Å². The van der Waals surface area contributed by atoms with Gasteiger partial charge in [-0.2, -0.15) is 0 Å². The Morgan fingerprint density at radius 2 is 1.78 bits per heavy atom. The van der Waals surface area contributed by atoms with Crippen LogP contribution >= 0.6 is 0 Å². The van der Waals surface area contributed by atoms with E-state index in [0.717, 1.165) is 22.7 Å². The number of aromatic nitrogens is 4. The van der Waals surface area contributed by atoms with Crippen molar-refractivity contribution < 1.29 is 9.47 Å². The van der Waals surface area contributed by atoms with Crippen LogP contribution in [-0.4, -0.2) is 27.2 Å². The number of nitrogens with one attached hydrogen (secondary N) is 1. The Kier molecular flexibility index (Phi) is 5.31. The molecule has 1 heterocycles. The van der Waals surface area contributed by atoms with Gasteiger partial charge in [-0.3, -0.25) is 0 Å². The molecule has 0 radical (unpaired) electrons. The van der Waals surface area contributed by atoms with Crippen molar-refractivity contribution in [2.24, 2.45) is 0 Å². The number of benzene rings is 2. The molecular weight excluding hydrogens is 292 g/mol. The minimum Gasteiger partial charge on any atom is -0.489 e. The van der Waals surface area contributed by atoms with Gasteiger partial charge in [0.15, 0.2) is 5.82 Å². The summed E-state index contributed by atoms with van der Waals surface area (Å²) < 4.78 is 11.5. The van der Waals surface area contributed by atoms with Crippen molar-refractivity contribution in [3.05, 3.63) is 71.5 Å². The molecule has 0 saturated heterocycles. The molecule has 6 heteroatoms. The Morgan fingerprint density at radius 1 is 0.913 bits per heavy atom. The summed E-state index contributed by atoms with van der Waals surface area (Å²) in [4.78, 5) is 0. The number of ether oxygens (including phenoxy) is 2. The molecular formula is C17H18N4O2. The van der Waals surface area contributed by atoms with E-state index < -0.39 is 0 Å². The number of tetrazole rings is 1. The van der Waals surface area contributed by atoms with Crippen molar-refractivity contribution in [1.82, 2.24) is 20.6 Å². The maximum absolute atomic E-state index is 5.81. The standard InChI is InChI=1S/C17H18N4O2/c1-2-5-14(6-3-1)13-23-16-8-4-7-15(11-16)12-22-10-9-17-18-20-21-19-17/h1-8,11H,9-10,12-13H2,(H,18,19,20,21). The summed E-state index contributed by atoms with van der Waals surface area (Å²) >= 11 is 0. The molecule has 0 saturated carbocycles. The Morgan fingerprint density at radius 3 is 2.61 bits per heavy atom. The van der Waals surface area contributed by atoms with Crippen LogP contribution in [0.3, 0.4) is 0 Å². The lowest BCUT2D eigenvalue weighted by atomic mass is 10.2. The summed E-state index contributed by atoms with van der Waals surface area (Å²) in [6, 6.07) is 18.0. The first-order valence-electron chi connectivity index (χ1n) is 7.46. The molecule has 2 aromatic carbocycles. The molecule has 23 heavy (non-hydrogen) atoms. The van der Waals surface area contributed by atoms with Gasteiger partial charge < -0.3 is 9.47 Å². The largest absolute Gasteiger partial charge is 0.489 e. The second-order valence-corrected chi connectivity index (χ2v) is 5.07. The summed E-state index contributed by atoms with van der Waals surface area (Å²) in [5.74, 6) is 1.57. The number of hydrogen-bond donors (Lipinski definition) is 1. The van der Waals surface area contributed by atoms with E-state index in [0.29, 0.717) is 26.2 Å². The molecule has 0 aliphatic rings. The van der Waals surface area contributed by atoms with E-state index in [1.54, 1.807) is 0 Å². The molecule has 0 spiro atoms. The Balaban J connectivity index is 1.45. The van der Waals surface area contributed by atoms with Crippen molar-refractivity contribution in [2.75, 3.05) is 6.61 Å². The molecule has 6 nitrogen and oxygen atoms in total. The zero-order valence-corrected chi connectivity index (χ0v) is 12.7. The lowest BCUT2D eigenvalue weighted by Gasteiger charge is -2.08. The predicted octanol–water partition coefficient (Wildman–Crippen LogP) is 2.54. The highest BCUT2D eigenvalue weighted by Crippen LogP contribution is 2.16. The van der Waals surface area contributed by atoms with Gasteiger partial charge in [0.2, 0.25) is 0 Å². The summed E-state index contributed by atoms with van der Waals surface area (Å²) in [6.45, 7) is 1.65. The molecule has 0 aliphatic heterocycles. The normalized spacial score (nSPS) is 10.6. The van der Waals surface area contributed by atoms with Crippen LogP contribution in [0.1, 0.15) is 17.0 Å². The SMILES string of the molecule is c1ccc(COc2cccc(COCCc3nnn[nH]3)c2)cc1. The lowest BCUT2D eigenvalue weighted by Crippen LogP contribution is -2.01. The Hall–Kier alpha value is -2.73. The highest BCUT2D eigenvalue weighted by atomic mass is 16.5. The molecule has 3 rings (SSSR count). The second-order valence-electron chi connectivity index (χ2n) is 5.07. The first-order valence-corrected chi connectivity index (χ1v) is 7.46. The van der Waals surface area contributed by atoms with E-state index in [4.69, 9.17) is 9.47 Å². The van der Waals surface area contributed by atoms with Gasteiger partial charge in [0.25, 0.3) is 0 Å². The van der Waals surface area contributed by atoms with Crippen LogP contribution < -0.4 is 4.74 Å². The van der Waals surface area contributed by atoms with Crippen molar-refractivity contribution in [3.63, 3.8) is 0 Å². The molecule has 3 aromatic rings. The third-order valence-corrected chi connectivity index (χ3v) is 3.29. The maximum Gasteiger partial charge on any atom is 0.150 e. The Labute approximate surface area is 134 Å². The first-order chi connectivity index (χ1) is 11.4. The van der Waals surface area contributed by atoms with Crippen molar-refractivity contribution in [2.45, 2.75) is 19.6 Å². The third-order valence-electron chi connectivity index (χ3n) is 3.29. The highest BCUT2D eigenvalue weighted by molar-refractivity contribution is 5.28.